The Labute approximate surface area is 223 Å². The molecule has 37 heavy (non-hydrogen) atoms. The number of carbonyl (C=O) groups excluding carboxylic acids is 2. The fraction of sp³-hybridized carbons (Fsp3) is 0.310. The maximum absolute atomic E-state index is 13.5. The third-order valence-electron chi connectivity index (χ3n) is 6.00. The van der Waals surface area contributed by atoms with E-state index in [0.29, 0.717) is 31.0 Å². The van der Waals surface area contributed by atoms with Gasteiger partial charge in [-0.05, 0) is 53.6 Å². The molecule has 1 heterocycles. The Morgan fingerprint density at radius 1 is 1.03 bits per heavy atom. The SMILES string of the molecule is C=CCN(CC(=O)N(CCc1ccc(OC)c(OC)c1)Cc1cccs1)C(=O)Nc1ccccc1CC. The summed E-state index contributed by atoms with van der Waals surface area (Å²) in [6.45, 7) is 6.99. The van der Waals surface area contributed by atoms with Gasteiger partial charge in [0.15, 0.2) is 11.5 Å². The van der Waals surface area contributed by atoms with Gasteiger partial charge < -0.3 is 24.6 Å². The topological polar surface area (TPSA) is 71.1 Å². The number of rotatable bonds is 13. The maximum atomic E-state index is 13.5. The van der Waals surface area contributed by atoms with Gasteiger partial charge in [0.1, 0.15) is 6.54 Å². The number of methoxy groups -OCH3 is 2. The van der Waals surface area contributed by atoms with E-state index in [-0.39, 0.29) is 25.0 Å². The number of urea groups is 1. The van der Waals surface area contributed by atoms with Crippen LogP contribution in [0.25, 0.3) is 0 Å². The van der Waals surface area contributed by atoms with Crippen LogP contribution in [0.2, 0.25) is 0 Å². The summed E-state index contributed by atoms with van der Waals surface area (Å²) in [6.07, 6.45) is 3.06. The van der Waals surface area contributed by atoms with Crippen LogP contribution in [0.1, 0.15) is 22.9 Å². The van der Waals surface area contributed by atoms with Crippen molar-refractivity contribution in [2.24, 2.45) is 0 Å². The fourth-order valence-corrected chi connectivity index (χ4v) is 4.69. The molecular weight excluding hydrogens is 486 g/mol. The molecule has 0 aliphatic rings. The summed E-state index contributed by atoms with van der Waals surface area (Å²) in [5, 5.41) is 4.96. The molecule has 0 aliphatic carbocycles. The van der Waals surface area contributed by atoms with Gasteiger partial charge in [-0.3, -0.25) is 4.79 Å². The lowest BCUT2D eigenvalue weighted by atomic mass is 10.1. The molecule has 8 heteroatoms. The summed E-state index contributed by atoms with van der Waals surface area (Å²) < 4.78 is 10.8. The van der Waals surface area contributed by atoms with Gasteiger partial charge in [-0.15, -0.1) is 17.9 Å². The first-order valence-corrected chi connectivity index (χ1v) is 13.1. The van der Waals surface area contributed by atoms with E-state index in [4.69, 9.17) is 9.47 Å². The van der Waals surface area contributed by atoms with E-state index in [0.717, 1.165) is 28.1 Å². The second kappa shape index (κ2) is 14.1. The van der Waals surface area contributed by atoms with Crippen LogP contribution in [-0.4, -0.2) is 55.6 Å². The number of nitrogens with zero attached hydrogens (tertiary/aromatic N) is 2. The number of aryl methyl sites for hydroxylation is 1. The Bertz CT molecular complexity index is 1180. The predicted molar refractivity (Wildman–Crippen MR) is 150 cm³/mol. The number of nitrogens with one attached hydrogen (secondary N) is 1. The molecule has 0 atom stereocenters. The van der Waals surface area contributed by atoms with Gasteiger partial charge in [-0.2, -0.15) is 0 Å². The van der Waals surface area contributed by atoms with E-state index in [1.54, 1.807) is 36.5 Å². The fourth-order valence-electron chi connectivity index (χ4n) is 3.97. The standard InChI is InChI=1S/C29H35N3O4S/c1-5-16-32(29(34)30-25-12-8-7-10-23(25)6-2)21-28(33)31(20-24-11-9-18-37-24)17-15-22-13-14-26(35-3)27(19-22)36-4/h5,7-14,18-19H,1,6,15-17,20-21H2,2-4H3,(H,30,34). The van der Waals surface area contributed by atoms with E-state index < -0.39 is 0 Å². The van der Waals surface area contributed by atoms with Crippen LogP contribution in [0.15, 0.2) is 72.6 Å². The molecule has 3 amide bonds. The Morgan fingerprint density at radius 2 is 1.81 bits per heavy atom. The third kappa shape index (κ3) is 7.85. The molecule has 0 radical (unpaired) electrons. The van der Waals surface area contributed by atoms with Crippen molar-refractivity contribution in [3.63, 3.8) is 0 Å². The monoisotopic (exact) mass is 521 g/mol. The summed E-state index contributed by atoms with van der Waals surface area (Å²) in [4.78, 5) is 31.0. The van der Waals surface area contributed by atoms with Crippen LogP contribution in [0.5, 0.6) is 11.5 Å². The molecule has 3 aromatic rings. The minimum Gasteiger partial charge on any atom is -0.493 e. The highest BCUT2D eigenvalue weighted by Crippen LogP contribution is 2.28. The Hall–Kier alpha value is -3.78. The molecular formula is C29H35N3O4S. The second-order valence-electron chi connectivity index (χ2n) is 8.44. The van der Waals surface area contributed by atoms with Crippen molar-refractivity contribution in [2.75, 3.05) is 39.2 Å². The first-order valence-electron chi connectivity index (χ1n) is 12.2. The number of benzene rings is 2. The summed E-state index contributed by atoms with van der Waals surface area (Å²) in [7, 11) is 3.21. The van der Waals surface area contributed by atoms with Gasteiger partial charge >= 0.3 is 6.03 Å². The highest BCUT2D eigenvalue weighted by Gasteiger charge is 2.22. The molecule has 0 saturated heterocycles. The largest absolute Gasteiger partial charge is 0.493 e. The lowest BCUT2D eigenvalue weighted by molar-refractivity contribution is -0.132. The molecule has 1 aromatic heterocycles. The van der Waals surface area contributed by atoms with Crippen molar-refractivity contribution in [2.45, 2.75) is 26.3 Å². The molecule has 0 aliphatic heterocycles. The van der Waals surface area contributed by atoms with Crippen LogP contribution in [0.4, 0.5) is 10.5 Å². The number of hydrogen-bond acceptors (Lipinski definition) is 5. The number of hydrogen-bond donors (Lipinski definition) is 1. The Morgan fingerprint density at radius 3 is 2.49 bits per heavy atom. The molecule has 0 saturated carbocycles. The number of para-hydroxylation sites is 1. The zero-order valence-corrected chi connectivity index (χ0v) is 22.6. The zero-order valence-electron chi connectivity index (χ0n) is 21.7. The highest BCUT2D eigenvalue weighted by atomic mass is 32.1. The number of anilines is 1. The van der Waals surface area contributed by atoms with Gasteiger partial charge in [-0.1, -0.05) is 43.3 Å². The lowest BCUT2D eigenvalue weighted by Gasteiger charge is -2.27. The molecule has 196 valence electrons. The van der Waals surface area contributed by atoms with Crippen LogP contribution < -0.4 is 14.8 Å². The average Bonchev–Trinajstić information content (AvgIpc) is 3.44. The lowest BCUT2D eigenvalue weighted by Crippen LogP contribution is -2.45. The quantitative estimate of drug-likeness (QED) is 0.297. The average molecular weight is 522 g/mol. The Balaban J connectivity index is 1.73. The minimum atomic E-state index is -0.329. The molecule has 3 rings (SSSR count). The predicted octanol–water partition coefficient (Wildman–Crippen LogP) is 5.62. The van der Waals surface area contributed by atoms with E-state index in [1.165, 1.54) is 4.90 Å². The summed E-state index contributed by atoms with van der Waals surface area (Å²) in [6, 6.07) is 17.1. The van der Waals surface area contributed by atoms with Gasteiger partial charge in [0.2, 0.25) is 5.91 Å². The molecule has 0 fully saturated rings. The molecule has 2 aromatic carbocycles. The van der Waals surface area contributed by atoms with Crippen molar-refractivity contribution in [1.82, 2.24) is 9.80 Å². The highest BCUT2D eigenvalue weighted by molar-refractivity contribution is 7.09. The van der Waals surface area contributed by atoms with Crippen molar-refractivity contribution in [3.05, 3.63) is 88.6 Å². The summed E-state index contributed by atoms with van der Waals surface area (Å²) >= 11 is 1.60. The van der Waals surface area contributed by atoms with E-state index in [2.05, 4.69) is 11.9 Å². The minimum absolute atomic E-state index is 0.0521. The van der Waals surface area contributed by atoms with E-state index in [9.17, 15) is 9.59 Å². The molecule has 7 nitrogen and oxygen atoms in total. The third-order valence-corrected chi connectivity index (χ3v) is 6.86. The van der Waals surface area contributed by atoms with Crippen LogP contribution in [0, 0.1) is 0 Å². The Kier molecular flexibility index (Phi) is 10.6. The number of amides is 3. The normalized spacial score (nSPS) is 10.5. The number of carbonyl (C=O) groups is 2. The zero-order chi connectivity index (χ0) is 26.6. The molecule has 0 unspecified atom stereocenters. The van der Waals surface area contributed by atoms with Gasteiger partial charge in [0, 0.05) is 23.7 Å². The first kappa shape index (κ1) is 27.8. The van der Waals surface area contributed by atoms with Crippen LogP contribution in [-0.2, 0) is 24.2 Å². The van der Waals surface area contributed by atoms with Gasteiger partial charge in [-0.25, -0.2) is 4.79 Å². The molecule has 0 bridgehead atoms. The van der Waals surface area contributed by atoms with Crippen molar-refractivity contribution >= 4 is 29.0 Å². The van der Waals surface area contributed by atoms with E-state index in [1.807, 2.05) is 66.9 Å². The van der Waals surface area contributed by atoms with Crippen molar-refractivity contribution in [1.29, 1.82) is 0 Å². The molecule has 1 N–H and O–H groups in total. The van der Waals surface area contributed by atoms with Crippen LogP contribution >= 0.6 is 11.3 Å². The van der Waals surface area contributed by atoms with Crippen molar-refractivity contribution in [3.8, 4) is 11.5 Å². The first-order chi connectivity index (χ1) is 18.0. The summed E-state index contributed by atoms with van der Waals surface area (Å²) in [5.41, 5.74) is 2.81. The molecule has 0 spiro atoms. The van der Waals surface area contributed by atoms with Crippen LogP contribution in [0.3, 0.4) is 0 Å². The summed E-state index contributed by atoms with van der Waals surface area (Å²) in [5.74, 6) is 1.18. The van der Waals surface area contributed by atoms with Crippen molar-refractivity contribution < 1.29 is 19.1 Å². The van der Waals surface area contributed by atoms with Gasteiger partial charge in [0.25, 0.3) is 0 Å². The number of thiophene rings is 1. The second-order valence-corrected chi connectivity index (χ2v) is 9.48. The maximum Gasteiger partial charge on any atom is 0.322 e. The van der Waals surface area contributed by atoms with Gasteiger partial charge in [0.05, 0.1) is 20.8 Å². The smallest absolute Gasteiger partial charge is 0.322 e. The number of ether oxygens (including phenoxy) is 2. The van der Waals surface area contributed by atoms with E-state index >= 15 is 0 Å².